The van der Waals surface area contributed by atoms with E-state index in [1.54, 1.807) is 0 Å². The number of aromatic carboxylic acids is 1. The quantitative estimate of drug-likeness (QED) is 0.228. The van der Waals surface area contributed by atoms with Crippen LogP contribution in [0.25, 0.3) is 17.1 Å². The molecule has 2 aliphatic heterocycles. The van der Waals surface area contributed by atoms with Gasteiger partial charge in [-0.25, -0.2) is 24.3 Å². The molecule has 1 aromatic carbocycles. The molecule has 0 amide bonds. The summed E-state index contributed by atoms with van der Waals surface area (Å²) in [5.74, 6) is -5.83. The minimum Gasteiger partial charge on any atom is -0.478 e. The number of nitrogens with zero attached hydrogens (tertiary/aromatic N) is 7. The third-order valence-electron chi connectivity index (χ3n) is 8.39. The van der Waals surface area contributed by atoms with E-state index in [9.17, 15) is 24.5 Å². The highest BCUT2D eigenvalue weighted by molar-refractivity contribution is 7.47. The first-order chi connectivity index (χ1) is 21.4. The van der Waals surface area contributed by atoms with E-state index in [4.69, 9.17) is 19.5 Å². The number of fused-ring (bicyclic) bond motifs is 3. The number of halogens is 2. The highest BCUT2D eigenvalue weighted by atomic mass is 31.2. The number of aliphatic hydroxyl groups excluding tert-OH is 1. The Labute approximate surface area is 252 Å². The number of phosphoric acid groups is 1. The lowest BCUT2D eigenvalue weighted by Gasteiger charge is -2.28. The summed E-state index contributed by atoms with van der Waals surface area (Å²) in [7, 11) is -4.44. The third-order valence-corrected chi connectivity index (χ3v) is 9.37. The lowest BCUT2D eigenvalue weighted by atomic mass is 9.83. The summed E-state index contributed by atoms with van der Waals surface area (Å²) in [5.41, 5.74) is 6.40. The number of imidazole rings is 1. The van der Waals surface area contributed by atoms with E-state index >= 15 is 8.78 Å². The highest BCUT2D eigenvalue weighted by Crippen LogP contribution is 2.53. The smallest absolute Gasteiger partial charge is 0.472 e. The number of carbonyl (C=O) groups is 1. The van der Waals surface area contributed by atoms with Gasteiger partial charge in [0.25, 0.3) is 5.92 Å². The summed E-state index contributed by atoms with van der Waals surface area (Å²) < 4.78 is 63.0. The van der Waals surface area contributed by atoms with Gasteiger partial charge in [0.15, 0.2) is 28.9 Å². The number of nitrogens with two attached hydrogens (primary N) is 1. The SMILES string of the molecule is Nc1ncnc2c1nc(-n1nnc3c1CCCCC(Cc1ccc(C(=O)O)cc1)C3(F)F)n2[C@@H]1O[C@@H]2COP(=O)(O)O[C@H]2[C@H]1O. The van der Waals surface area contributed by atoms with Crippen LogP contribution in [0.3, 0.4) is 0 Å². The topological polar surface area (TPSA) is 223 Å². The molecule has 0 radical (unpaired) electrons. The van der Waals surface area contributed by atoms with Crippen molar-refractivity contribution in [3.05, 3.63) is 53.1 Å². The van der Waals surface area contributed by atoms with Crippen LogP contribution in [0.4, 0.5) is 14.6 Å². The van der Waals surface area contributed by atoms with Gasteiger partial charge in [-0.3, -0.25) is 13.6 Å². The average Bonchev–Trinajstić information content (AvgIpc) is 3.68. The monoisotopic (exact) mass is 648 g/mol. The van der Waals surface area contributed by atoms with Crippen LogP contribution in [0.5, 0.6) is 0 Å². The van der Waals surface area contributed by atoms with Gasteiger partial charge in [-0.15, -0.1) is 5.10 Å². The summed E-state index contributed by atoms with van der Waals surface area (Å²) >= 11 is 0. The first-order valence-corrected chi connectivity index (χ1v) is 15.6. The fourth-order valence-electron chi connectivity index (χ4n) is 6.15. The van der Waals surface area contributed by atoms with Gasteiger partial charge < -0.3 is 25.6 Å². The number of nitrogen functional groups attached to an aromatic ring is 1. The van der Waals surface area contributed by atoms with E-state index < -0.39 is 55.9 Å². The zero-order valence-electron chi connectivity index (χ0n) is 23.3. The van der Waals surface area contributed by atoms with Crippen LogP contribution in [-0.4, -0.2) is 80.5 Å². The Hall–Kier alpha value is -3.93. The number of aliphatic hydroxyl groups is 1. The Kier molecular flexibility index (Phi) is 7.18. The van der Waals surface area contributed by atoms with Crippen LogP contribution in [-0.2, 0) is 37.1 Å². The van der Waals surface area contributed by atoms with E-state index in [1.807, 2.05) is 0 Å². The molecular weight excluding hydrogens is 621 g/mol. The molecule has 3 aliphatic rings. The van der Waals surface area contributed by atoms with Crippen molar-refractivity contribution < 1.29 is 47.0 Å². The van der Waals surface area contributed by atoms with Gasteiger partial charge in [0.1, 0.15) is 24.6 Å². The number of hydrogen-bond donors (Lipinski definition) is 4. The molecule has 5 N–H and O–H groups in total. The van der Waals surface area contributed by atoms with Gasteiger partial charge in [-0.2, -0.15) is 13.5 Å². The molecule has 3 aromatic heterocycles. The Bertz CT molecular complexity index is 1840. The van der Waals surface area contributed by atoms with Crippen molar-refractivity contribution in [3.63, 3.8) is 0 Å². The van der Waals surface area contributed by atoms with Crippen LogP contribution in [0, 0.1) is 5.92 Å². The fourth-order valence-corrected chi connectivity index (χ4v) is 7.11. The Morgan fingerprint density at radius 3 is 2.73 bits per heavy atom. The summed E-state index contributed by atoms with van der Waals surface area (Å²) in [6.07, 6.45) is -2.56. The van der Waals surface area contributed by atoms with Gasteiger partial charge in [-0.05, 0) is 43.4 Å². The lowest BCUT2D eigenvalue weighted by Crippen LogP contribution is -2.39. The van der Waals surface area contributed by atoms with Crippen LogP contribution in [0.15, 0.2) is 30.6 Å². The molecule has 6 atom stereocenters. The molecule has 0 bridgehead atoms. The predicted molar refractivity (Wildman–Crippen MR) is 147 cm³/mol. The zero-order chi connectivity index (χ0) is 31.7. The number of ether oxygens (including phenoxy) is 1. The first-order valence-electron chi connectivity index (χ1n) is 14.1. The molecule has 0 spiro atoms. The number of rotatable bonds is 5. The molecule has 238 valence electrons. The minimum absolute atomic E-state index is 0.0223. The Balaban J connectivity index is 1.30. The second-order valence-electron chi connectivity index (χ2n) is 11.2. The molecule has 4 aromatic rings. The molecule has 2 unspecified atom stereocenters. The van der Waals surface area contributed by atoms with Crippen LogP contribution >= 0.6 is 7.82 Å². The number of carboxylic acid groups (broad SMARTS) is 1. The van der Waals surface area contributed by atoms with Crippen LogP contribution < -0.4 is 5.73 Å². The Morgan fingerprint density at radius 2 is 1.98 bits per heavy atom. The zero-order valence-corrected chi connectivity index (χ0v) is 24.2. The van der Waals surface area contributed by atoms with E-state index in [2.05, 4.69) is 25.3 Å². The summed E-state index contributed by atoms with van der Waals surface area (Å²) in [4.78, 5) is 33.8. The van der Waals surface area contributed by atoms with Crippen molar-refractivity contribution in [1.82, 2.24) is 34.5 Å². The van der Waals surface area contributed by atoms with Crippen LogP contribution in [0.1, 0.15) is 52.8 Å². The summed E-state index contributed by atoms with van der Waals surface area (Å²) in [6.45, 7) is -0.351. The molecular formula is C26H27F2N8O8P. The molecule has 7 rings (SSSR count). The second-order valence-corrected chi connectivity index (χ2v) is 12.6. The van der Waals surface area contributed by atoms with Gasteiger partial charge >= 0.3 is 13.8 Å². The summed E-state index contributed by atoms with van der Waals surface area (Å²) in [6, 6.07) is 5.81. The van der Waals surface area contributed by atoms with Gasteiger partial charge in [-0.1, -0.05) is 23.8 Å². The first kappa shape index (κ1) is 29.8. The number of carboxylic acids is 1. The van der Waals surface area contributed by atoms with Crippen molar-refractivity contribution >= 4 is 30.8 Å². The van der Waals surface area contributed by atoms with Crippen molar-refractivity contribution in [1.29, 1.82) is 0 Å². The van der Waals surface area contributed by atoms with E-state index in [0.29, 0.717) is 18.4 Å². The molecule has 2 saturated heterocycles. The van der Waals surface area contributed by atoms with E-state index in [0.717, 1.165) is 11.0 Å². The van der Waals surface area contributed by atoms with Gasteiger partial charge in [0.05, 0.1) is 17.9 Å². The standard InChI is InChI=1S/C26H27F2N8O8P/c27-26(28)14(9-12-5-7-13(8-6-12)24(38)39)3-1-2-4-15-20(26)33-34-36(15)25-32-17-21(29)30-11-31-22(17)35(25)23-18(37)19-16(43-23)10-42-45(40,41)44-19/h5-8,11,14,16,18-19,23,37H,1-4,9-10H2,(H,38,39)(H,40,41)(H2,29,30,31)/t14?,16-,18-,19-,23-/m1/s1. The molecule has 19 heteroatoms. The lowest BCUT2D eigenvalue weighted by molar-refractivity contribution is -0.0751. The number of alkyl halides is 2. The third kappa shape index (κ3) is 5.07. The molecule has 0 saturated carbocycles. The second kappa shape index (κ2) is 10.9. The molecule has 2 fully saturated rings. The number of benzene rings is 1. The van der Waals surface area contributed by atoms with Crippen LogP contribution in [0.2, 0.25) is 0 Å². The minimum atomic E-state index is -4.44. The van der Waals surface area contributed by atoms with Gasteiger partial charge in [0.2, 0.25) is 5.95 Å². The van der Waals surface area contributed by atoms with Crippen molar-refractivity contribution in [2.45, 2.75) is 62.6 Å². The maximum absolute atomic E-state index is 16.3. The largest absolute Gasteiger partial charge is 0.478 e. The van der Waals surface area contributed by atoms with Crippen molar-refractivity contribution in [3.8, 4) is 5.95 Å². The number of anilines is 1. The van der Waals surface area contributed by atoms with Gasteiger partial charge in [0, 0.05) is 5.92 Å². The molecule has 1 aliphatic carbocycles. The van der Waals surface area contributed by atoms with E-state index in [-0.39, 0.29) is 60.1 Å². The fraction of sp³-hybridized carbons (Fsp3) is 0.462. The Morgan fingerprint density at radius 1 is 1.20 bits per heavy atom. The highest BCUT2D eigenvalue weighted by Gasteiger charge is 2.54. The van der Waals surface area contributed by atoms with Crippen molar-refractivity contribution in [2.24, 2.45) is 5.92 Å². The number of phosphoric ester groups is 1. The summed E-state index contributed by atoms with van der Waals surface area (Å²) in [5, 5.41) is 28.4. The maximum Gasteiger partial charge on any atom is 0.472 e. The predicted octanol–water partition coefficient (Wildman–Crippen LogP) is 2.14. The number of hydrogen-bond acceptors (Lipinski definition) is 12. The maximum atomic E-state index is 16.3. The average molecular weight is 649 g/mol. The number of aromatic nitrogens is 7. The van der Waals surface area contributed by atoms with E-state index in [1.165, 1.54) is 28.8 Å². The molecule has 5 heterocycles. The molecule has 16 nitrogen and oxygen atoms in total. The van der Waals surface area contributed by atoms with Crippen molar-refractivity contribution in [2.75, 3.05) is 12.3 Å². The normalized spacial score (nSPS) is 29.6. The molecule has 45 heavy (non-hydrogen) atoms.